The van der Waals surface area contributed by atoms with Crippen molar-refractivity contribution in [3.63, 3.8) is 0 Å². The van der Waals surface area contributed by atoms with E-state index in [1.54, 1.807) is 12.1 Å². The molecule has 2 rings (SSSR count). The summed E-state index contributed by atoms with van der Waals surface area (Å²) < 4.78 is 30.0. The second-order valence-corrected chi connectivity index (χ2v) is 6.48. The van der Waals surface area contributed by atoms with Gasteiger partial charge in [0.25, 0.3) is 5.91 Å². The molecule has 0 saturated heterocycles. The predicted octanol–water partition coefficient (Wildman–Crippen LogP) is 3.01. The lowest BCUT2D eigenvalue weighted by Gasteiger charge is -2.09. The third-order valence-corrected chi connectivity index (χ3v) is 4.17. The molecule has 2 aromatic carbocycles. The van der Waals surface area contributed by atoms with Crippen LogP contribution in [0.5, 0.6) is 0 Å². The van der Waals surface area contributed by atoms with Crippen LogP contribution in [-0.4, -0.2) is 28.9 Å². The van der Waals surface area contributed by atoms with Gasteiger partial charge < -0.3 is 10.1 Å². The smallest absolute Gasteiger partial charge is 0.339 e. The van der Waals surface area contributed by atoms with Gasteiger partial charge in [0.05, 0.1) is 26.9 Å². The van der Waals surface area contributed by atoms with E-state index >= 15 is 0 Å². The normalized spacial score (nSPS) is 11.6. The third kappa shape index (κ3) is 4.62. The summed E-state index contributed by atoms with van der Waals surface area (Å²) in [7, 11) is -1.38. The Morgan fingerprint density at radius 2 is 1.96 bits per heavy atom. The highest BCUT2D eigenvalue weighted by Crippen LogP contribution is 2.19. The summed E-state index contributed by atoms with van der Waals surface area (Å²) in [4.78, 5) is 24.1. The largest absolute Gasteiger partial charge is 0.452 e. The summed E-state index contributed by atoms with van der Waals surface area (Å²) in [5, 5.41) is 2.47. The number of hydrogen-bond acceptors (Lipinski definition) is 4. The number of carbonyl (C=O) groups excluding carboxylic acids is 2. The highest BCUT2D eigenvalue weighted by Gasteiger charge is 2.16. The van der Waals surface area contributed by atoms with Crippen LogP contribution >= 0.6 is 11.6 Å². The van der Waals surface area contributed by atoms with Gasteiger partial charge in [-0.25, -0.2) is 9.18 Å². The van der Waals surface area contributed by atoms with E-state index in [2.05, 4.69) is 5.32 Å². The quantitative estimate of drug-likeness (QED) is 0.822. The minimum Gasteiger partial charge on any atom is -0.452 e. The second kappa shape index (κ2) is 8.03. The van der Waals surface area contributed by atoms with Crippen LogP contribution in [0.25, 0.3) is 0 Å². The van der Waals surface area contributed by atoms with E-state index in [1.165, 1.54) is 30.5 Å². The standard InChI is InChI=1S/C16H13ClFNO4S/c1-24(22)14-5-3-2-4-11(14)16(21)23-9-15(20)19-13-7-6-10(17)8-12(13)18/h2-8H,9H2,1H3,(H,19,20)/t24-/m0/s1. The zero-order valence-electron chi connectivity index (χ0n) is 12.5. The molecule has 0 aliphatic rings. The van der Waals surface area contributed by atoms with Gasteiger partial charge >= 0.3 is 5.97 Å². The second-order valence-electron chi connectivity index (χ2n) is 4.70. The molecule has 0 aliphatic heterocycles. The molecule has 24 heavy (non-hydrogen) atoms. The van der Waals surface area contributed by atoms with Gasteiger partial charge in [0.2, 0.25) is 0 Å². The SMILES string of the molecule is C[S@](=O)c1ccccc1C(=O)OCC(=O)Nc1ccc(Cl)cc1F. The van der Waals surface area contributed by atoms with Crippen molar-refractivity contribution in [1.29, 1.82) is 0 Å². The molecule has 2 aromatic rings. The molecule has 8 heteroatoms. The van der Waals surface area contributed by atoms with Crippen LogP contribution < -0.4 is 5.32 Å². The van der Waals surface area contributed by atoms with Gasteiger partial charge in [0.15, 0.2) is 6.61 Å². The molecule has 1 amide bonds. The van der Waals surface area contributed by atoms with Crippen molar-refractivity contribution in [1.82, 2.24) is 0 Å². The Morgan fingerprint density at radius 1 is 1.25 bits per heavy atom. The lowest BCUT2D eigenvalue weighted by molar-refractivity contribution is -0.119. The first-order chi connectivity index (χ1) is 11.4. The Balaban J connectivity index is 1.99. The highest BCUT2D eigenvalue weighted by atomic mass is 35.5. The van der Waals surface area contributed by atoms with Crippen LogP contribution in [-0.2, 0) is 20.3 Å². The average Bonchev–Trinajstić information content (AvgIpc) is 2.55. The Bertz CT molecular complexity index is 812. The van der Waals surface area contributed by atoms with E-state index < -0.39 is 35.1 Å². The Kier molecular flexibility index (Phi) is 6.05. The number of hydrogen-bond donors (Lipinski definition) is 1. The van der Waals surface area contributed by atoms with Crippen LogP contribution in [0.3, 0.4) is 0 Å². The van der Waals surface area contributed by atoms with Crippen LogP contribution in [0.4, 0.5) is 10.1 Å². The molecule has 0 heterocycles. The van der Waals surface area contributed by atoms with Crippen LogP contribution in [0.2, 0.25) is 5.02 Å². The number of esters is 1. The van der Waals surface area contributed by atoms with Gasteiger partial charge in [0.1, 0.15) is 5.82 Å². The predicted molar refractivity (Wildman–Crippen MR) is 89.1 cm³/mol. The van der Waals surface area contributed by atoms with E-state index in [0.717, 1.165) is 6.07 Å². The van der Waals surface area contributed by atoms with Crippen molar-refractivity contribution in [3.8, 4) is 0 Å². The number of amides is 1. The topological polar surface area (TPSA) is 72.5 Å². The molecule has 0 bridgehead atoms. The van der Waals surface area contributed by atoms with Gasteiger partial charge in [-0.2, -0.15) is 0 Å². The Labute approximate surface area is 145 Å². The van der Waals surface area contributed by atoms with Crippen molar-refractivity contribution in [3.05, 3.63) is 58.9 Å². The fraction of sp³-hybridized carbons (Fsp3) is 0.125. The first-order valence-corrected chi connectivity index (χ1v) is 8.66. The van der Waals surface area contributed by atoms with Crippen molar-refractivity contribution in [2.45, 2.75) is 4.90 Å². The van der Waals surface area contributed by atoms with E-state index in [0.29, 0.717) is 4.90 Å². The fourth-order valence-corrected chi connectivity index (χ4v) is 2.76. The summed E-state index contributed by atoms with van der Waals surface area (Å²) in [5.74, 6) is -2.19. The number of ether oxygens (including phenoxy) is 1. The summed E-state index contributed by atoms with van der Waals surface area (Å²) in [6, 6.07) is 9.99. The van der Waals surface area contributed by atoms with Crippen molar-refractivity contribution in [2.24, 2.45) is 0 Å². The van der Waals surface area contributed by atoms with Crippen molar-refractivity contribution in [2.75, 3.05) is 18.2 Å². The molecular weight excluding hydrogens is 357 g/mol. The number of halogens is 2. The average molecular weight is 370 g/mol. The molecule has 0 spiro atoms. The molecule has 0 fully saturated rings. The number of rotatable bonds is 5. The number of anilines is 1. The molecule has 0 unspecified atom stereocenters. The van der Waals surface area contributed by atoms with Crippen molar-refractivity contribution < 1.29 is 22.9 Å². The van der Waals surface area contributed by atoms with Gasteiger partial charge in [-0.3, -0.25) is 9.00 Å². The lowest BCUT2D eigenvalue weighted by Crippen LogP contribution is -2.22. The van der Waals surface area contributed by atoms with Gasteiger partial charge in [-0.15, -0.1) is 0 Å². The van der Waals surface area contributed by atoms with E-state index in [1.807, 2.05) is 0 Å². The zero-order chi connectivity index (χ0) is 17.7. The maximum atomic E-state index is 13.6. The number of benzene rings is 2. The number of carbonyl (C=O) groups is 2. The van der Waals surface area contributed by atoms with Crippen molar-refractivity contribution >= 4 is 40.0 Å². The van der Waals surface area contributed by atoms with Gasteiger partial charge in [0, 0.05) is 11.3 Å². The molecule has 0 radical (unpaired) electrons. The van der Waals surface area contributed by atoms with Gasteiger partial charge in [-0.1, -0.05) is 23.7 Å². The Morgan fingerprint density at radius 3 is 2.62 bits per heavy atom. The lowest BCUT2D eigenvalue weighted by atomic mass is 10.2. The maximum Gasteiger partial charge on any atom is 0.339 e. The molecule has 5 nitrogen and oxygen atoms in total. The molecule has 1 N–H and O–H groups in total. The zero-order valence-corrected chi connectivity index (χ0v) is 14.1. The monoisotopic (exact) mass is 369 g/mol. The number of nitrogens with one attached hydrogen (secondary N) is 1. The fourth-order valence-electron chi connectivity index (χ4n) is 1.87. The maximum absolute atomic E-state index is 13.6. The van der Waals surface area contributed by atoms with Crippen LogP contribution in [0, 0.1) is 5.82 Å². The molecule has 1 atom stereocenters. The summed E-state index contributed by atoms with van der Waals surface area (Å²) >= 11 is 5.62. The molecule has 126 valence electrons. The van der Waals surface area contributed by atoms with E-state index in [-0.39, 0.29) is 16.3 Å². The third-order valence-electron chi connectivity index (χ3n) is 2.96. The summed E-state index contributed by atoms with van der Waals surface area (Å²) in [6.07, 6.45) is 1.43. The molecular formula is C16H13ClFNO4S. The van der Waals surface area contributed by atoms with Gasteiger partial charge in [-0.05, 0) is 30.3 Å². The minimum absolute atomic E-state index is 0.0736. The van der Waals surface area contributed by atoms with Crippen LogP contribution in [0.15, 0.2) is 47.4 Å². The molecule has 0 aliphatic carbocycles. The first-order valence-electron chi connectivity index (χ1n) is 6.73. The molecule has 0 aromatic heterocycles. The van der Waals surface area contributed by atoms with Crippen LogP contribution in [0.1, 0.15) is 10.4 Å². The van der Waals surface area contributed by atoms with E-state index in [9.17, 15) is 18.2 Å². The Hall–Kier alpha value is -2.25. The summed E-state index contributed by atoms with van der Waals surface area (Å²) in [6.45, 7) is -0.606. The van der Waals surface area contributed by atoms with E-state index in [4.69, 9.17) is 16.3 Å². The first kappa shape index (κ1) is 18.1. The minimum atomic E-state index is -1.38. The highest BCUT2D eigenvalue weighted by molar-refractivity contribution is 7.84. The molecule has 0 saturated carbocycles. The summed E-state index contributed by atoms with van der Waals surface area (Å²) in [5.41, 5.74) is 0.0410.